The molecule has 0 amide bonds. The fourth-order valence-electron chi connectivity index (χ4n) is 0.770. The maximum atomic E-state index is 10.5. The number of halogens is 1. The fourth-order valence-corrected chi connectivity index (χ4v) is 1.34. The van der Waals surface area contributed by atoms with Crippen LogP contribution in [0.3, 0.4) is 0 Å². The fraction of sp³-hybridized carbons (Fsp3) is 0.167. The Morgan fingerprint density at radius 3 is 2.17 bits per heavy atom. The molecular formula is C6H6INO4. The van der Waals surface area contributed by atoms with Crippen molar-refractivity contribution in [2.75, 3.05) is 0 Å². The Morgan fingerprint density at radius 2 is 1.83 bits per heavy atom. The molecule has 1 atom stereocenters. The molecule has 0 bridgehead atoms. The number of carboxylic acids is 1. The van der Waals surface area contributed by atoms with E-state index in [0.29, 0.717) is 0 Å². The SMILES string of the molecule is O=C(O)C(I)n1c(O)ccc1O. The van der Waals surface area contributed by atoms with E-state index in [0.717, 1.165) is 4.57 Å². The van der Waals surface area contributed by atoms with Crippen LogP contribution >= 0.6 is 22.6 Å². The van der Waals surface area contributed by atoms with Gasteiger partial charge >= 0.3 is 5.97 Å². The van der Waals surface area contributed by atoms with Crippen LogP contribution in [0.5, 0.6) is 11.8 Å². The summed E-state index contributed by atoms with van der Waals surface area (Å²) in [6.07, 6.45) is 0. The molecule has 1 unspecified atom stereocenters. The molecule has 3 N–H and O–H groups in total. The molecule has 1 aromatic rings. The summed E-state index contributed by atoms with van der Waals surface area (Å²) >= 11 is 1.59. The van der Waals surface area contributed by atoms with Crippen molar-refractivity contribution in [3.63, 3.8) is 0 Å². The number of rotatable bonds is 2. The molecule has 6 heteroatoms. The average Bonchev–Trinajstić information content (AvgIpc) is 2.30. The monoisotopic (exact) mass is 283 g/mol. The number of hydrogen-bond acceptors (Lipinski definition) is 3. The van der Waals surface area contributed by atoms with Crippen molar-refractivity contribution in [1.82, 2.24) is 4.57 Å². The standard InChI is InChI=1S/C6H6INO4/c7-5(6(11)12)8-3(9)1-2-4(8)10/h1-2,5,9-10H,(H,11,12). The summed E-state index contributed by atoms with van der Waals surface area (Å²) in [5.74, 6) is -1.67. The Balaban J connectivity index is 3.08. The maximum absolute atomic E-state index is 10.5. The van der Waals surface area contributed by atoms with Crippen LogP contribution in [0.1, 0.15) is 4.05 Å². The van der Waals surface area contributed by atoms with Gasteiger partial charge in [-0.25, -0.2) is 4.79 Å². The highest BCUT2D eigenvalue weighted by Gasteiger charge is 2.20. The third-order valence-electron chi connectivity index (χ3n) is 1.31. The van der Waals surface area contributed by atoms with Crippen molar-refractivity contribution in [3.8, 4) is 11.8 Å². The van der Waals surface area contributed by atoms with E-state index in [4.69, 9.17) is 15.3 Å². The number of carbonyl (C=O) groups is 1. The van der Waals surface area contributed by atoms with Crippen molar-refractivity contribution < 1.29 is 20.1 Å². The van der Waals surface area contributed by atoms with E-state index in [1.165, 1.54) is 12.1 Å². The summed E-state index contributed by atoms with van der Waals surface area (Å²) < 4.78 is -0.0966. The second-order valence-electron chi connectivity index (χ2n) is 2.09. The van der Waals surface area contributed by atoms with Gasteiger partial charge in [-0.15, -0.1) is 0 Å². The molecule has 1 aromatic heterocycles. The van der Waals surface area contributed by atoms with Crippen LogP contribution in [0.25, 0.3) is 0 Å². The number of aromatic nitrogens is 1. The van der Waals surface area contributed by atoms with Crippen LogP contribution in [0.4, 0.5) is 0 Å². The van der Waals surface area contributed by atoms with Gasteiger partial charge < -0.3 is 15.3 Å². The number of aromatic hydroxyl groups is 2. The Hall–Kier alpha value is -0.920. The van der Waals surface area contributed by atoms with Gasteiger partial charge in [0.15, 0.2) is 15.8 Å². The van der Waals surface area contributed by atoms with Crippen LogP contribution in [0.15, 0.2) is 12.1 Å². The lowest BCUT2D eigenvalue weighted by Crippen LogP contribution is -2.11. The molecule has 0 radical (unpaired) electrons. The molecule has 5 nitrogen and oxygen atoms in total. The summed E-state index contributed by atoms with van der Waals surface area (Å²) in [6.45, 7) is 0. The van der Waals surface area contributed by atoms with Gasteiger partial charge in [0, 0.05) is 12.1 Å². The van der Waals surface area contributed by atoms with Gasteiger partial charge in [-0.3, -0.25) is 4.57 Å². The van der Waals surface area contributed by atoms with E-state index < -0.39 is 10.0 Å². The molecule has 0 saturated carbocycles. The van der Waals surface area contributed by atoms with Crippen molar-refractivity contribution in [2.24, 2.45) is 0 Å². The van der Waals surface area contributed by atoms with Crippen LogP contribution in [-0.4, -0.2) is 25.9 Å². The molecule has 0 aliphatic carbocycles. The summed E-state index contributed by atoms with van der Waals surface area (Å²) in [5, 5.41) is 26.7. The molecule has 0 aromatic carbocycles. The lowest BCUT2D eigenvalue weighted by molar-refractivity contribution is -0.137. The Labute approximate surface area is 81.4 Å². The first kappa shape index (κ1) is 9.17. The van der Waals surface area contributed by atoms with Gasteiger partial charge in [0.05, 0.1) is 0 Å². The van der Waals surface area contributed by atoms with Crippen LogP contribution < -0.4 is 0 Å². The third-order valence-corrected chi connectivity index (χ3v) is 2.40. The van der Waals surface area contributed by atoms with Crippen molar-refractivity contribution >= 4 is 28.6 Å². The summed E-state index contributed by atoms with van der Waals surface area (Å²) in [4.78, 5) is 10.5. The highest BCUT2D eigenvalue weighted by Crippen LogP contribution is 2.30. The predicted octanol–water partition coefficient (Wildman–Crippen LogP) is 0.917. The van der Waals surface area contributed by atoms with E-state index in [-0.39, 0.29) is 11.8 Å². The van der Waals surface area contributed by atoms with Gasteiger partial charge in [-0.1, -0.05) is 0 Å². The van der Waals surface area contributed by atoms with Gasteiger partial charge in [0.2, 0.25) is 0 Å². The van der Waals surface area contributed by atoms with E-state index in [9.17, 15) is 4.79 Å². The molecule has 0 fully saturated rings. The number of nitrogens with zero attached hydrogens (tertiary/aromatic N) is 1. The zero-order valence-electron chi connectivity index (χ0n) is 5.81. The van der Waals surface area contributed by atoms with Crippen molar-refractivity contribution in [2.45, 2.75) is 4.05 Å². The number of hydrogen-bond donors (Lipinski definition) is 3. The number of alkyl halides is 1. The second kappa shape index (κ2) is 3.21. The Morgan fingerprint density at radius 1 is 1.42 bits per heavy atom. The normalized spacial score (nSPS) is 12.8. The molecular weight excluding hydrogens is 277 g/mol. The van der Waals surface area contributed by atoms with Crippen LogP contribution in [-0.2, 0) is 4.79 Å². The summed E-state index contributed by atoms with van der Waals surface area (Å²) in [6, 6.07) is 2.45. The molecule has 12 heavy (non-hydrogen) atoms. The minimum absolute atomic E-state index is 0.269. The number of carboxylic acid groups (broad SMARTS) is 1. The number of aliphatic carboxylic acids is 1. The van der Waals surface area contributed by atoms with Crippen molar-refractivity contribution in [3.05, 3.63) is 12.1 Å². The maximum Gasteiger partial charge on any atom is 0.337 e. The minimum atomic E-state index is -1.13. The zero-order valence-corrected chi connectivity index (χ0v) is 7.96. The molecule has 0 saturated heterocycles. The lowest BCUT2D eigenvalue weighted by Gasteiger charge is -2.08. The first-order valence-electron chi connectivity index (χ1n) is 3.00. The van der Waals surface area contributed by atoms with Gasteiger partial charge in [-0.2, -0.15) is 0 Å². The van der Waals surface area contributed by atoms with Crippen molar-refractivity contribution in [1.29, 1.82) is 0 Å². The Bertz CT molecular complexity index is 289. The molecule has 0 aliphatic rings. The molecule has 1 rings (SSSR count). The average molecular weight is 283 g/mol. The highest BCUT2D eigenvalue weighted by molar-refractivity contribution is 14.1. The van der Waals surface area contributed by atoms with Crippen LogP contribution in [0, 0.1) is 0 Å². The lowest BCUT2D eigenvalue weighted by atomic mass is 10.6. The topological polar surface area (TPSA) is 82.7 Å². The summed E-state index contributed by atoms with van der Waals surface area (Å²) in [5.41, 5.74) is 0. The first-order chi connectivity index (χ1) is 5.54. The second-order valence-corrected chi connectivity index (χ2v) is 3.27. The van der Waals surface area contributed by atoms with E-state index in [1.807, 2.05) is 0 Å². The van der Waals surface area contributed by atoms with E-state index in [2.05, 4.69) is 0 Å². The molecule has 66 valence electrons. The molecule has 1 heterocycles. The molecule has 0 aliphatic heterocycles. The largest absolute Gasteiger partial charge is 0.494 e. The Kier molecular flexibility index (Phi) is 2.46. The zero-order chi connectivity index (χ0) is 9.30. The quantitative estimate of drug-likeness (QED) is 0.556. The van der Waals surface area contributed by atoms with Crippen LogP contribution in [0.2, 0.25) is 0 Å². The van der Waals surface area contributed by atoms with E-state index >= 15 is 0 Å². The minimum Gasteiger partial charge on any atom is -0.494 e. The third kappa shape index (κ3) is 1.47. The highest BCUT2D eigenvalue weighted by atomic mass is 127. The van der Waals surface area contributed by atoms with Gasteiger partial charge in [0.1, 0.15) is 0 Å². The predicted molar refractivity (Wildman–Crippen MR) is 48.5 cm³/mol. The molecule has 0 spiro atoms. The first-order valence-corrected chi connectivity index (χ1v) is 4.24. The van der Waals surface area contributed by atoms with E-state index in [1.54, 1.807) is 22.6 Å². The smallest absolute Gasteiger partial charge is 0.337 e. The van der Waals surface area contributed by atoms with Gasteiger partial charge in [-0.05, 0) is 22.6 Å². The summed E-state index contributed by atoms with van der Waals surface area (Å²) in [7, 11) is 0. The van der Waals surface area contributed by atoms with Gasteiger partial charge in [0.25, 0.3) is 0 Å².